The number of carbonyl (C=O) groups is 2. The zero-order chi connectivity index (χ0) is 14.4. The molecule has 1 aromatic rings. The highest BCUT2D eigenvalue weighted by atomic mass is 16.4. The summed E-state index contributed by atoms with van der Waals surface area (Å²) in [6.07, 6.45) is 6.92. The van der Waals surface area contributed by atoms with Gasteiger partial charge in [0, 0.05) is 11.7 Å². The first-order valence-electron chi connectivity index (χ1n) is 6.67. The molecule has 106 valence electrons. The van der Waals surface area contributed by atoms with Crippen molar-refractivity contribution in [3.05, 3.63) is 42.0 Å². The number of hydrogen-bond acceptors (Lipinski definition) is 2. The third-order valence-corrected chi connectivity index (χ3v) is 3.14. The second-order valence-corrected chi connectivity index (χ2v) is 4.85. The Labute approximate surface area is 117 Å². The molecule has 0 radical (unpaired) electrons. The molecule has 1 aromatic carbocycles. The van der Waals surface area contributed by atoms with Crippen LogP contribution in [0.25, 0.3) is 0 Å². The van der Waals surface area contributed by atoms with E-state index < -0.39 is 5.97 Å². The van der Waals surface area contributed by atoms with Gasteiger partial charge in [0.1, 0.15) is 0 Å². The first kappa shape index (κ1) is 14.1. The molecule has 2 amide bonds. The lowest BCUT2D eigenvalue weighted by Crippen LogP contribution is -2.38. The fourth-order valence-electron chi connectivity index (χ4n) is 2.21. The number of rotatable bonds is 4. The Morgan fingerprint density at radius 2 is 2.15 bits per heavy atom. The standard InChI is InChI=1S/C15H18N2O3/c18-14(19)10-11-5-4-8-13(9-11)17-15(20)16-12-6-2-1-3-7-12/h1-2,4-5,8-9,12H,3,6-7,10H2,(H,18,19)(H2,16,17,20). The number of carboxylic acids is 1. The lowest BCUT2D eigenvalue weighted by Gasteiger charge is -2.19. The fourth-order valence-corrected chi connectivity index (χ4v) is 2.21. The maximum atomic E-state index is 11.9. The van der Waals surface area contributed by atoms with E-state index in [2.05, 4.69) is 22.8 Å². The van der Waals surface area contributed by atoms with E-state index in [4.69, 9.17) is 5.11 Å². The first-order valence-corrected chi connectivity index (χ1v) is 6.67. The zero-order valence-electron chi connectivity index (χ0n) is 11.1. The molecule has 2 rings (SSSR count). The van der Waals surface area contributed by atoms with Gasteiger partial charge in [-0.05, 0) is 37.0 Å². The average Bonchev–Trinajstić information content (AvgIpc) is 2.39. The number of benzene rings is 1. The second kappa shape index (κ2) is 6.75. The van der Waals surface area contributed by atoms with Crippen molar-refractivity contribution in [2.24, 2.45) is 0 Å². The van der Waals surface area contributed by atoms with Crippen LogP contribution in [0.5, 0.6) is 0 Å². The van der Waals surface area contributed by atoms with E-state index in [1.807, 2.05) is 0 Å². The summed E-state index contributed by atoms with van der Waals surface area (Å²) in [4.78, 5) is 22.5. The van der Waals surface area contributed by atoms with Crippen molar-refractivity contribution in [2.45, 2.75) is 31.7 Å². The third kappa shape index (κ3) is 4.42. The van der Waals surface area contributed by atoms with Gasteiger partial charge in [-0.25, -0.2) is 4.79 Å². The molecule has 1 aliphatic rings. The number of amides is 2. The Hall–Kier alpha value is -2.30. The van der Waals surface area contributed by atoms with Crippen molar-refractivity contribution in [1.29, 1.82) is 0 Å². The molecule has 0 aromatic heterocycles. The molecular formula is C15H18N2O3. The van der Waals surface area contributed by atoms with Crippen LogP contribution < -0.4 is 10.6 Å². The summed E-state index contributed by atoms with van der Waals surface area (Å²) < 4.78 is 0. The van der Waals surface area contributed by atoms with Crippen LogP contribution in [-0.2, 0) is 11.2 Å². The Bertz CT molecular complexity index is 526. The van der Waals surface area contributed by atoms with Gasteiger partial charge in [0.25, 0.3) is 0 Å². The Morgan fingerprint density at radius 1 is 1.30 bits per heavy atom. The minimum Gasteiger partial charge on any atom is -0.481 e. The van der Waals surface area contributed by atoms with E-state index in [-0.39, 0.29) is 18.5 Å². The van der Waals surface area contributed by atoms with E-state index in [0.717, 1.165) is 19.3 Å². The van der Waals surface area contributed by atoms with Gasteiger partial charge in [-0.15, -0.1) is 0 Å². The molecular weight excluding hydrogens is 256 g/mol. The summed E-state index contributed by atoms with van der Waals surface area (Å²) in [5, 5.41) is 14.4. The van der Waals surface area contributed by atoms with Crippen LogP contribution in [0.15, 0.2) is 36.4 Å². The molecule has 5 nitrogen and oxygen atoms in total. The highest BCUT2D eigenvalue weighted by Gasteiger charge is 2.12. The normalized spacial score (nSPS) is 17.5. The lowest BCUT2D eigenvalue weighted by atomic mass is 10.0. The zero-order valence-corrected chi connectivity index (χ0v) is 11.1. The predicted molar refractivity (Wildman–Crippen MR) is 76.7 cm³/mol. The predicted octanol–water partition coefficient (Wildman–Crippen LogP) is 2.54. The Balaban J connectivity index is 1.90. The monoisotopic (exact) mass is 274 g/mol. The number of nitrogens with one attached hydrogen (secondary N) is 2. The maximum Gasteiger partial charge on any atom is 0.319 e. The quantitative estimate of drug-likeness (QED) is 0.738. The molecule has 0 fully saturated rings. The molecule has 0 saturated heterocycles. The van der Waals surface area contributed by atoms with Crippen LogP contribution in [0.4, 0.5) is 10.5 Å². The molecule has 0 bridgehead atoms. The van der Waals surface area contributed by atoms with E-state index in [1.165, 1.54) is 0 Å². The summed E-state index contributed by atoms with van der Waals surface area (Å²) in [6.45, 7) is 0. The summed E-state index contributed by atoms with van der Waals surface area (Å²) in [5.41, 5.74) is 1.27. The highest BCUT2D eigenvalue weighted by molar-refractivity contribution is 5.89. The molecule has 1 unspecified atom stereocenters. The van der Waals surface area contributed by atoms with Crippen LogP contribution in [0.2, 0.25) is 0 Å². The summed E-state index contributed by atoms with van der Waals surface area (Å²) in [7, 11) is 0. The molecule has 5 heteroatoms. The smallest absolute Gasteiger partial charge is 0.319 e. The molecule has 3 N–H and O–H groups in total. The minimum atomic E-state index is -0.888. The van der Waals surface area contributed by atoms with Crippen LogP contribution in [0.1, 0.15) is 24.8 Å². The van der Waals surface area contributed by atoms with Crippen molar-refractivity contribution in [3.8, 4) is 0 Å². The first-order chi connectivity index (χ1) is 9.63. The van der Waals surface area contributed by atoms with Gasteiger partial charge >= 0.3 is 12.0 Å². The number of aliphatic carboxylic acids is 1. The van der Waals surface area contributed by atoms with Gasteiger partial charge in [0.15, 0.2) is 0 Å². The van der Waals surface area contributed by atoms with Crippen LogP contribution in [-0.4, -0.2) is 23.1 Å². The van der Waals surface area contributed by atoms with E-state index in [1.54, 1.807) is 24.3 Å². The fraction of sp³-hybridized carbons (Fsp3) is 0.333. The van der Waals surface area contributed by atoms with Crippen molar-refractivity contribution >= 4 is 17.7 Å². The number of hydrogen-bond donors (Lipinski definition) is 3. The summed E-state index contributed by atoms with van der Waals surface area (Å²) in [5.74, 6) is -0.888. The largest absolute Gasteiger partial charge is 0.481 e. The third-order valence-electron chi connectivity index (χ3n) is 3.14. The van der Waals surface area contributed by atoms with Gasteiger partial charge < -0.3 is 15.7 Å². The van der Waals surface area contributed by atoms with E-state index >= 15 is 0 Å². The second-order valence-electron chi connectivity index (χ2n) is 4.85. The SMILES string of the molecule is O=C(O)Cc1cccc(NC(=O)NC2CC=CCC2)c1. The van der Waals surface area contributed by atoms with Crippen LogP contribution >= 0.6 is 0 Å². The van der Waals surface area contributed by atoms with Gasteiger partial charge in [-0.3, -0.25) is 4.79 Å². The Kier molecular flexibility index (Phi) is 4.76. The molecule has 0 heterocycles. The van der Waals surface area contributed by atoms with Crippen LogP contribution in [0.3, 0.4) is 0 Å². The summed E-state index contributed by atoms with van der Waals surface area (Å²) >= 11 is 0. The number of allylic oxidation sites excluding steroid dienone is 1. The van der Waals surface area contributed by atoms with Gasteiger partial charge in [-0.2, -0.15) is 0 Å². The highest BCUT2D eigenvalue weighted by Crippen LogP contribution is 2.13. The van der Waals surface area contributed by atoms with Crippen molar-refractivity contribution in [1.82, 2.24) is 5.32 Å². The van der Waals surface area contributed by atoms with Gasteiger partial charge in [-0.1, -0.05) is 24.3 Å². The molecule has 1 aliphatic carbocycles. The average molecular weight is 274 g/mol. The molecule has 0 aliphatic heterocycles. The van der Waals surface area contributed by atoms with E-state index in [0.29, 0.717) is 11.3 Å². The molecule has 1 atom stereocenters. The maximum absolute atomic E-state index is 11.9. The summed E-state index contributed by atoms with van der Waals surface area (Å²) in [6, 6.07) is 6.79. The van der Waals surface area contributed by atoms with Gasteiger partial charge in [0.2, 0.25) is 0 Å². The Morgan fingerprint density at radius 3 is 2.85 bits per heavy atom. The van der Waals surface area contributed by atoms with E-state index in [9.17, 15) is 9.59 Å². The van der Waals surface area contributed by atoms with Crippen molar-refractivity contribution < 1.29 is 14.7 Å². The number of carbonyl (C=O) groups excluding carboxylic acids is 1. The van der Waals surface area contributed by atoms with Gasteiger partial charge in [0.05, 0.1) is 6.42 Å². The topological polar surface area (TPSA) is 78.4 Å². The number of carboxylic acid groups (broad SMARTS) is 1. The molecule has 20 heavy (non-hydrogen) atoms. The number of anilines is 1. The van der Waals surface area contributed by atoms with Crippen molar-refractivity contribution in [2.75, 3.05) is 5.32 Å². The lowest BCUT2D eigenvalue weighted by molar-refractivity contribution is -0.136. The number of urea groups is 1. The van der Waals surface area contributed by atoms with Crippen molar-refractivity contribution in [3.63, 3.8) is 0 Å². The molecule has 0 spiro atoms. The molecule has 0 saturated carbocycles. The minimum absolute atomic E-state index is 0.0510. The van der Waals surface area contributed by atoms with Crippen LogP contribution in [0, 0.1) is 0 Å².